The van der Waals surface area contributed by atoms with Crippen LogP contribution in [0.4, 0.5) is 5.69 Å². The summed E-state index contributed by atoms with van der Waals surface area (Å²) in [6.45, 7) is 0.148. The number of hydrogen-bond donors (Lipinski definition) is 0. The van der Waals surface area contributed by atoms with Crippen LogP contribution in [-0.2, 0) is 17.8 Å². The molecule has 0 aliphatic heterocycles. The lowest BCUT2D eigenvalue weighted by molar-refractivity contribution is 0.0827. The van der Waals surface area contributed by atoms with E-state index in [0.29, 0.717) is 11.3 Å². The summed E-state index contributed by atoms with van der Waals surface area (Å²) in [5, 5.41) is 0. The Morgan fingerprint density at radius 2 is 1.54 bits per heavy atom. The molecule has 0 saturated carbocycles. The number of nitrogens with zero attached hydrogens (tertiary/aromatic N) is 2. The molecule has 6 heteroatoms. The molecule has 0 radical (unpaired) electrons. The number of rotatable bonds is 6. The fraction of sp³-hybridized carbons (Fsp3) is 0.136. The van der Waals surface area contributed by atoms with E-state index in [0.717, 1.165) is 16.7 Å². The van der Waals surface area contributed by atoms with Crippen molar-refractivity contribution in [2.24, 2.45) is 0 Å². The number of hydrogen-bond acceptors (Lipinski definition) is 3. The van der Waals surface area contributed by atoms with Crippen molar-refractivity contribution < 1.29 is 13.6 Å². The molecule has 5 nitrogen and oxygen atoms in total. The number of carbonyl (C=O) groups excluding carboxylic acids is 1. The molecule has 0 bridgehead atoms. The topological polar surface area (TPSA) is 63.7 Å². The Morgan fingerprint density at radius 3 is 2.14 bits per heavy atom. The van der Waals surface area contributed by atoms with Gasteiger partial charge in [-0.3, -0.25) is 13.3 Å². The van der Waals surface area contributed by atoms with E-state index in [1.54, 1.807) is 44.4 Å². The normalized spacial score (nSPS) is 11.7. The lowest BCUT2D eigenvalue weighted by atomic mass is 10.1. The quantitative estimate of drug-likeness (QED) is 0.598. The van der Waals surface area contributed by atoms with Crippen LogP contribution in [0.2, 0.25) is 0 Å². The summed E-state index contributed by atoms with van der Waals surface area (Å²) in [7, 11) is 3.37. The second-order valence-corrected chi connectivity index (χ2v) is 7.44. The Labute approximate surface area is 167 Å². The minimum atomic E-state index is -2.44. The molecule has 0 fully saturated rings. The molecule has 144 valence electrons. The highest BCUT2D eigenvalue weighted by molar-refractivity contribution is 7.80. The summed E-state index contributed by atoms with van der Waals surface area (Å²) in [4.78, 5) is 13.6. The van der Waals surface area contributed by atoms with Crippen LogP contribution >= 0.6 is 0 Å². The van der Waals surface area contributed by atoms with Gasteiger partial charge in [-0.05, 0) is 41.0 Å². The zero-order valence-corrected chi connectivity index (χ0v) is 16.6. The second-order valence-electron chi connectivity index (χ2n) is 6.57. The van der Waals surface area contributed by atoms with Crippen LogP contribution in [0.25, 0.3) is 11.1 Å². The van der Waals surface area contributed by atoms with Gasteiger partial charge in [0.25, 0.3) is 5.91 Å². The zero-order valence-electron chi connectivity index (χ0n) is 15.7. The first-order valence-electron chi connectivity index (χ1n) is 8.78. The van der Waals surface area contributed by atoms with E-state index in [-0.39, 0.29) is 12.5 Å². The highest BCUT2D eigenvalue weighted by Gasteiger charge is 2.12. The lowest BCUT2D eigenvalue weighted by Crippen LogP contribution is -2.25. The van der Waals surface area contributed by atoms with Crippen molar-refractivity contribution in [1.82, 2.24) is 4.90 Å². The number of benzene rings is 3. The molecule has 3 rings (SSSR count). The van der Waals surface area contributed by atoms with E-state index >= 15 is 0 Å². The predicted octanol–water partition coefficient (Wildman–Crippen LogP) is 3.86. The Hall–Kier alpha value is -2.96. The van der Waals surface area contributed by atoms with Crippen LogP contribution in [0.15, 0.2) is 78.9 Å². The fourth-order valence-corrected chi connectivity index (χ4v) is 3.46. The lowest BCUT2D eigenvalue weighted by Gasteiger charge is -2.27. The van der Waals surface area contributed by atoms with Crippen LogP contribution in [0.1, 0.15) is 15.9 Å². The maximum absolute atomic E-state index is 12.1. The molecular formula is C22H21N2O3S-. The fourth-order valence-electron chi connectivity index (χ4n) is 2.91. The average Bonchev–Trinajstić information content (AvgIpc) is 2.72. The van der Waals surface area contributed by atoms with Gasteiger partial charge in [-0.15, -0.1) is 0 Å². The Morgan fingerprint density at radius 1 is 0.893 bits per heavy atom. The van der Waals surface area contributed by atoms with Crippen molar-refractivity contribution >= 4 is 22.9 Å². The Kier molecular flexibility index (Phi) is 6.23. The van der Waals surface area contributed by atoms with Gasteiger partial charge < -0.3 is 9.45 Å². The van der Waals surface area contributed by atoms with Gasteiger partial charge in [0.05, 0.1) is 6.54 Å². The van der Waals surface area contributed by atoms with E-state index in [1.165, 1.54) is 9.21 Å². The standard InChI is InChI=1S/C22H22N2O3S/c1-23(2)22(25)20-10-6-7-17(15-20)16-24(28(26)27)21-13-11-19(12-14-21)18-8-4-3-5-9-18/h3-15H,16H2,1-2H3,(H,26,27)/p-1. The van der Waals surface area contributed by atoms with Gasteiger partial charge in [0.2, 0.25) is 0 Å². The molecule has 1 amide bonds. The second kappa shape index (κ2) is 8.82. The molecule has 0 aliphatic rings. The molecular weight excluding hydrogens is 372 g/mol. The van der Waals surface area contributed by atoms with E-state index in [1.807, 2.05) is 48.5 Å². The van der Waals surface area contributed by atoms with Crippen molar-refractivity contribution in [3.63, 3.8) is 0 Å². The summed E-state index contributed by atoms with van der Waals surface area (Å²) in [5.74, 6) is -0.121. The summed E-state index contributed by atoms with van der Waals surface area (Å²) >= 11 is -2.44. The third-order valence-corrected chi connectivity index (χ3v) is 5.05. The van der Waals surface area contributed by atoms with Crippen molar-refractivity contribution in [3.8, 4) is 11.1 Å². The van der Waals surface area contributed by atoms with Crippen molar-refractivity contribution in [2.45, 2.75) is 6.54 Å². The largest absolute Gasteiger partial charge is 0.755 e. The Balaban J connectivity index is 1.84. The van der Waals surface area contributed by atoms with Gasteiger partial charge in [-0.2, -0.15) is 0 Å². The summed E-state index contributed by atoms with van der Waals surface area (Å²) in [6.07, 6.45) is 0. The average molecular weight is 393 g/mol. The molecule has 0 N–H and O–H groups in total. The van der Waals surface area contributed by atoms with Crippen LogP contribution in [-0.4, -0.2) is 33.7 Å². The first-order chi connectivity index (χ1) is 13.5. The third kappa shape index (κ3) is 4.65. The molecule has 3 aromatic rings. The molecule has 0 saturated heterocycles. The van der Waals surface area contributed by atoms with Crippen LogP contribution in [0, 0.1) is 0 Å². The van der Waals surface area contributed by atoms with Crippen molar-refractivity contribution in [3.05, 3.63) is 90.0 Å². The smallest absolute Gasteiger partial charge is 0.253 e. The summed E-state index contributed by atoms with van der Waals surface area (Å²) < 4.78 is 24.9. The highest BCUT2D eigenvalue weighted by Crippen LogP contribution is 2.25. The van der Waals surface area contributed by atoms with Crippen LogP contribution < -0.4 is 4.31 Å². The first kappa shape index (κ1) is 19.8. The highest BCUT2D eigenvalue weighted by atomic mass is 32.2. The SMILES string of the molecule is CN(C)C(=O)c1cccc(CN(c2ccc(-c3ccccc3)cc2)S(=O)[O-])c1. The van der Waals surface area contributed by atoms with Gasteiger partial charge in [-0.25, -0.2) is 0 Å². The predicted molar refractivity (Wildman–Crippen MR) is 111 cm³/mol. The van der Waals surface area contributed by atoms with Crippen molar-refractivity contribution in [1.29, 1.82) is 0 Å². The van der Waals surface area contributed by atoms with Crippen molar-refractivity contribution in [2.75, 3.05) is 18.4 Å². The molecule has 0 aromatic heterocycles. The maximum Gasteiger partial charge on any atom is 0.253 e. The van der Waals surface area contributed by atoms with Gasteiger partial charge in [0, 0.05) is 36.6 Å². The van der Waals surface area contributed by atoms with Gasteiger partial charge in [-0.1, -0.05) is 54.6 Å². The van der Waals surface area contributed by atoms with E-state index < -0.39 is 11.3 Å². The van der Waals surface area contributed by atoms with E-state index in [9.17, 15) is 13.6 Å². The zero-order chi connectivity index (χ0) is 20.1. The molecule has 28 heavy (non-hydrogen) atoms. The minimum absolute atomic E-state index is 0.121. The van der Waals surface area contributed by atoms with Gasteiger partial charge in [0.15, 0.2) is 0 Å². The van der Waals surface area contributed by atoms with Crippen LogP contribution in [0.3, 0.4) is 0 Å². The summed E-state index contributed by atoms with van der Waals surface area (Å²) in [5.41, 5.74) is 3.92. The molecule has 0 heterocycles. The Bertz CT molecular complexity index is 973. The minimum Gasteiger partial charge on any atom is -0.755 e. The van der Waals surface area contributed by atoms with Gasteiger partial charge >= 0.3 is 0 Å². The molecule has 1 unspecified atom stereocenters. The number of amides is 1. The third-order valence-electron chi connectivity index (χ3n) is 4.35. The van der Waals surface area contributed by atoms with Crippen LogP contribution in [0.5, 0.6) is 0 Å². The maximum atomic E-state index is 12.1. The molecule has 1 atom stereocenters. The molecule has 3 aromatic carbocycles. The molecule has 0 spiro atoms. The van der Waals surface area contributed by atoms with E-state index in [2.05, 4.69) is 0 Å². The molecule has 0 aliphatic carbocycles. The van der Waals surface area contributed by atoms with Gasteiger partial charge in [0.1, 0.15) is 0 Å². The van der Waals surface area contributed by atoms with E-state index in [4.69, 9.17) is 0 Å². The number of anilines is 1. The monoisotopic (exact) mass is 393 g/mol. The summed E-state index contributed by atoms with van der Waals surface area (Å²) in [6, 6.07) is 24.3. The number of carbonyl (C=O) groups is 1. The first-order valence-corrected chi connectivity index (χ1v) is 9.82.